The smallest absolute Gasteiger partial charge is 0.340 e. The van der Waals surface area contributed by atoms with E-state index in [9.17, 15) is 9.59 Å². The van der Waals surface area contributed by atoms with Gasteiger partial charge in [-0.15, -0.1) is 0 Å². The molecule has 0 aliphatic heterocycles. The minimum absolute atomic E-state index is 0.280. The van der Waals surface area contributed by atoms with Gasteiger partial charge in [-0.2, -0.15) is 5.10 Å². The number of amides is 1. The summed E-state index contributed by atoms with van der Waals surface area (Å²) in [6, 6.07) is 7.30. The van der Waals surface area contributed by atoms with Crippen LogP contribution in [0.3, 0.4) is 0 Å². The average molecular weight is 401 g/mol. The summed E-state index contributed by atoms with van der Waals surface area (Å²) in [6.07, 6.45) is 3.52. The molecule has 0 fully saturated rings. The van der Waals surface area contributed by atoms with Crippen LogP contribution in [0.25, 0.3) is 5.69 Å². The number of hydrogen-bond donors (Lipinski definition) is 2. The van der Waals surface area contributed by atoms with Crippen LogP contribution >= 0.6 is 11.6 Å². The Kier molecular flexibility index (Phi) is 5.84. The number of ether oxygens (including phenoxy) is 1. The molecule has 1 amide bonds. The van der Waals surface area contributed by atoms with Gasteiger partial charge in [0.25, 0.3) is 5.91 Å². The highest BCUT2D eigenvalue weighted by Crippen LogP contribution is 2.19. The highest BCUT2D eigenvalue weighted by atomic mass is 35.5. The molecular weight excluding hydrogens is 380 g/mol. The number of H-pyrrole nitrogens is 1. The molecule has 0 aliphatic rings. The molecule has 0 saturated heterocycles. The van der Waals surface area contributed by atoms with E-state index >= 15 is 0 Å². The molecule has 8 heteroatoms. The first-order valence-electron chi connectivity index (χ1n) is 8.84. The summed E-state index contributed by atoms with van der Waals surface area (Å²) in [7, 11) is 0. The lowest BCUT2D eigenvalue weighted by Crippen LogP contribution is -2.23. The van der Waals surface area contributed by atoms with Gasteiger partial charge in [-0.25, -0.2) is 9.48 Å². The number of benzene rings is 1. The zero-order valence-corrected chi connectivity index (χ0v) is 16.6. The Balaban J connectivity index is 1.69. The van der Waals surface area contributed by atoms with Gasteiger partial charge in [-0.1, -0.05) is 11.6 Å². The lowest BCUT2D eigenvalue weighted by molar-refractivity contribution is 0.0525. The number of carbonyl (C=O) groups is 2. The fourth-order valence-electron chi connectivity index (χ4n) is 2.94. The van der Waals surface area contributed by atoms with Crippen LogP contribution < -0.4 is 5.32 Å². The Morgan fingerprint density at radius 1 is 1.25 bits per heavy atom. The van der Waals surface area contributed by atoms with Crippen LogP contribution in [0.2, 0.25) is 5.02 Å². The fourth-order valence-corrected chi connectivity index (χ4v) is 3.07. The van der Waals surface area contributed by atoms with E-state index in [0.717, 1.165) is 11.3 Å². The van der Waals surface area contributed by atoms with Crippen molar-refractivity contribution >= 4 is 23.5 Å². The molecule has 0 saturated carbocycles. The second-order valence-electron chi connectivity index (χ2n) is 6.30. The van der Waals surface area contributed by atoms with E-state index < -0.39 is 5.97 Å². The second-order valence-corrected chi connectivity index (χ2v) is 6.73. The van der Waals surface area contributed by atoms with Crippen molar-refractivity contribution in [2.45, 2.75) is 27.3 Å². The minimum Gasteiger partial charge on any atom is -0.462 e. The third kappa shape index (κ3) is 4.09. The van der Waals surface area contributed by atoms with Crippen molar-refractivity contribution in [3.05, 3.63) is 69.8 Å². The molecule has 28 heavy (non-hydrogen) atoms. The highest BCUT2D eigenvalue weighted by Gasteiger charge is 2.22. The van der Waals surface area contributed by atoms with Gasteiger partial charge >= 0.3 is 5.97 Å². The predicted octanol–water partition coefficient (Wildman–Crippen LogP) is 3.58. The van der Waals surface area contributed by atoms with E-state index in [1.807, 2.05) is 18.3 Å². The van der Waals surface area contributed by atoms with Gasteiger partial charge in [0.2, 0.25) is 0 Å². The molecule has 3 rings (SSSR count). The Bertz CT molecular complexity index is 1010. The maximum atomic E-state index is 12.6. The quantitative estimate of drug-likeness (QED) is 0.619. The van der Waals surface area contributed by atoms with Crippen LogP contribution in [-0.4, -0.2) is 33.2 Å². The Hall–Kier alpha value is -3.06. The first-order valence-corrected chi connectivity index (χ1v) is 9.22. The summed E-state index contributed by atoms with van der Waals surface area (Å²) in [5.41, 5.74) is 3.65. The molecule has 0 radical (unpaired) electrons. The normalized spacial score (nSPS) is 10.7. The number of hydrogen-bond acceptors (Lipinski definition) is 4. The van der Waals surface area contributed by atoms with Crippen LogP contribution in [0.15, 0.2) is 36.7 Å². The van der Waals surface area contributed by atoms with Crippen molar-refractivity contribution in [3.63, 3.8) is 0 Å². The van der Waals surface area contributed by atoms with Crippen molar-refractivity contribution in [2.24, 2.45) is 0 Å². The molecule has 3 aromatic rings. The molecule has 0 bridgehead atoms. The molecule has 0 aliphatic carbocycles. The number of rotatable bonds is 6. The maximum absolute atomic E-state index is 12.6. The summed E-state index contributed by atoms with van der Waals surface area (Å²) < 4.78 is 6.76. The monoisotopic (exact) mass is 400 g/mol. The molecule has 1 aromatic carbocycles. The van der Waals surface area contributed by atoms with Crippen LogP contribution in [0.5, 0.6) is 0 Å². The molecule has 7 nitrogen and oxygen atoms in total. The van der Waals surface area contributed by atoms with E-state index in [2.05, 4.69) is 15.4 Å². The largest absolute Gasteiger partial charge is 0.462 e. The van der Waals surface area contributed by atoms with Gasteiger partial charge in [0.1, 0.15) is 5.69 Å². The summed E-state index contributed by atoms with van der Waals surface area (Å²) >= 11 is 5.90. The number of halogens is 1. The SMILES string of the molecule is CCOC(=O)c1c(C)[nH]c(C(=O)NCc2cnn(-c3ccc(Cl)cc3)c2)c1C. The molecule has 2 N–H and O–H groups in total. The number of carbonyl (C=O) groups excluding carboxylic acids is 2. The molecular formula is C20H21ClN4O3. The first-order chi connectivity index (χ1) is 13.4. The maximum Gasteiger partial charge on any atom is 0.340 e. The van der Waals surface area contributed by atoms with Gasteiger partial charge in [-0.3, -0.25) is 4.79 Å². The van der Waals surface area contributed by atoms with Crippen LogP contribution in [-0.2, 0) is 11.3 Å². The third-order valence-electron chi connectivity index (χ3n) is 4.32. The van der Waals surface area contributed by atoms with Gasteiger partial charge < -0.3 is 15.0 Å². The molecule has 0 atom stereocenters. The Morgan fingerprint density at radius 3 is 2.64 bits per heavy atom. The predicted molar refractivity (Wildman–Crippen MR) is 106 cm³/mol. The topological polar surface area (TPSA) is 89.0 Å². The molecule has 0 spiro atoms. The second kappa shape index (κ2) is 8.31. The summed E-state index contributed by atoms with van der Waals surface area (Å²) in [5, 5.41) is 7.80. The number of aromatic amines is 1. The molecule has 2 heterocycles. The highest BCUT2D eigenvalue weighted by molar-refractivity contribution is 6.30. The molecule has 0 unspecified atom stereocenters. The van der Waals surface area contributed by atoms with Crippen LogP contribution in [0.1, 0.15) is 44.6 Å². The third-order valence-corrected chi connectivity index (χ3v) is 4.58. The van der Waals surface area contributed by atoms with Gasteiger partial charge in [0.15, 0.2) is 0 Å². The van der Waals surface area contributed by atoms with Crippen molar-refractivity contribution in [1.82, 2.24) is 20.1 Å². The zero-order valence-electron chi connectivity index (χ0n) is 15.9. The lowest BCUT2D eigenvalue weighted by atomic mass is 10.1. The van der Waals surface area contributed by atoms with E-state index in [4.69, 9.17) is 16.3 Å². The summed E-state index contributed by atoms with van der Waals surface area (Å²) in [4.78, 5) is 27.6. The lowest BCUT2D eigenvalue weighted by Gasteiger charge is -2.04. The number of esters is 1. The molecule has 146 valence electrons. The standard InChI is InChI=1S/C20H21ClN4O3/c1-4-28-20(27)17-12(2)18(24-13(17)3)19(26)22-9-14-10-23-25(11-14)16-7-5-15(21)6-8-16/h5-8,10-11,24H,4,9H2,1-3H3,(H,22,26). The Labute approximate surface area is 167 Å². The minimum atomic E-state index is -0.433. The van der Waals surface area contributed by atoms with E-state index in [-0.39, 0.29) is 12.5 Å². The molecule has 2 aromatic heterocycles. The number of nitrogens with zero attached hydrogens (tertiary/aromatic N) is 2. The first kappa shape index (κ1) is 19.7. The van der Waals surface area contributed by atoms with Crippen LogP contribution in [0, 0.1) is 13.8 Å². The average Bonchev–Trinajstić information content (AvgIpc) is 3.25. The Morgan fingerprint density at radius 2 is 1.96 bits per heavy atom. The van der Waals surface area contributed by atoms with Crippen LogP contribution in [0.4, 0.5) is 0 Å². The fraction of sp³-hybridized carbons (Fsp3) is 0.250. The van der Waals surface area contributed by atoms with E-state index in [0.29, 0.717) is 34.1 Å². The number of aromatic nitrogens is 3. The summed E-state index contributed by atoms with van der Waals surface area (Å²) in [6.45, 7) is 5.79. The van der Waals surface area contributed by atoms with Gasteiger partial charge in [0, 0.05) is 29.0 Å². The zero-order chi connectivity index (χ0) is 20.3. The van der Waals surface area contributed by atoms with Gasteiger partial charge in [0.05, 0.1) is 24.1 Å². The van der Waals surface area contributed by atoms with Crippen molar-refractivity contribution < 1.29 is 14.3 Å². The number of aryl methyl sites for hydroxylation is 1. The van der Waals surface area contributed by atoms with Crippen molar-refractivity contribution in [1.29, 1.82) is 0 Å². The van der Waals surface area contributed by atoms with Crippen molar-refractivity contribution in [2.75, 3.05) is 6.61 Å². The number of nitrogens with one attached hydrogen (secondary N) is 2. The van der Waals surface area contributed by atoms with E-state index in [1.54, 1.807) is 43.8 Å². The van der Waals surface area contributed by atoms with Gasteiger partial charge in [-0.05, 0) is 50.6 Å². The van der Waals surface area contributed by atoms with E-state index in [1.165, 1.54) is 0 Å². The van der Waals surface area contributed by atoms with Crippen molar-refractivity contribution in [3.8, 4) is 5.69 Å². The summed E-state index contributed by atoms with van der Waals surface area (Å²) in [5.74, 6) is -0.729.